The summed E-state index contributed by atoms with van der Waals surface area (Å²) in [6.07, 6.45) is 7.80. The predicted molar refractivity (Wildman–Crippen MR) is 139 cm³/mol. The lowest BCUT2D eigenvalue weighted by Gasteiger charge is -2.32. The summed E-state index contributed by atoms with van der Waals surface area (Å²) in [6, 6.07) is 2.09. The zero-order valence-corrected chi connectivity index (χ0v) is 20.5. The lowest BCUT2D eigenvalue weighted by Crippen LogP contribution is -2.34. The van der Waals surface area contributed by atoms with E-state index in [4.69, 9.17) is 15.0 Å². The predicted octanol–water partition coefficient (Wildman–Crippen LogP) is 3.78. The molecular formula is C24H36N10. The van der Waals surface area contributed by atoms with E-state index >= 15 is 0 Å². The number of rotatable bonds is 11. The number of hydrogen-bond acceptors (Lipinski definition) is 9. The van der Waals surface area contributed by atoms with Gasteiger partial charge in [-0.05, 0) is 31.7 Å². The molecule has 10 heteroatoms. The number of fused-ring (bicyclic) bond motifs is 1. The highest BCUT2D eigenvalue weighted by Gasteiger charge is 2.26. The second-order valence-corrected chi connectivity index (χ2v) is 8.66. The van der Waals surface area contributed by atoms with E-state index in [9.17, 15) is 0 Å². The van der Waals surface area contributed by atoms with E-state index in [0.717, 1.165) is 74.5 Å². The third kappa shape index (κ3) is 5.37. The maximum Gasteiger partial charge on any atom is 0.227 e. The van der Waals surface area contributed by atoms with E-state index in [1.807, 2.05) is 23.9 Å². The Morgan fingerprint density at radius 1 is 0.941 bits per heavy atom. The second kappa shape index (κ2) is 11.1. The Morgan fingerprint density at radius 2 is 1.59 bits per heavy atom. The highest BCUT2D eigenvalue weighted by molar-refractivity contribution is 5.89. The lowest BCUT2D eigenvalue weighted by atomic mass is 9.96. The van der Waals surface area contributed by atoms with Gasteiger partial charge in [-0.15, -0.1) is 6.58 Å². The lowest BCUT2D eigenvalue weighted by molar-refractivity contribution is 0.483. The molecule has 0 bridgehead atoms. The van der Waals surface area contributed by atoms with Gasteiger partial charge < -0.3 is 25.4 Å². The van der Waals surface area contributed by atoms with Crippen LogP contribution in [-0.4, -0.2) is 62.2 Å². The van der Waals surface area contributed by atoms with Crippen molar-refractivity contribution in [2.24, 2.45) is 7.05 Å². The topological polar surface area (TPSA) is 109 Å². The highest BCUT2D eigenvalue weighted by Crippen LogP contribution is 2.32. The normalized spacial score (nSPS) is 14.4. The first-order valence-corrected chi connectivity index (χ1v) is 12.3. The fraction of sp³-hybridized carbons (Fsp3) is 0.542. The molecule has 0 amide bonds. The number of nitrogens with one attached hydrogen (secondary N) is 3. The van der Waals surface area contributed by atoms with Crippen LogP contribution in [0.3, 0.4) is 0 Å². The molecule has 34 heavy (non-hydrogen) atoms. The minimum atomic E-state index is 0.287. The van der Waals surface area contributed by atoms with Crippen LogP contribution in [0.5, 0.6) is 0 Å². The van der Waals surface area contributed by atoms with Crippen molar-refractivity contribution in [1.29, 1.82) is 0 Å². The third-order valence-electron chi connectivity index (χ3n) is 5.99. The zero-order valence-electron chi connectivity index (χ0n) is 20.5. The van der Waals surface area contributed by atoms with Crippen molar-refractivity contribution in [2.75, 3.05) is 53.6 Å². The summed E-state index contributed by atoms with van der Waals surface area (Å²) >= 11 is 0. The van der Waals surface area contributed by atoms with Crippen LogP contribution in [0.15, 0.2) is 24.9 Å². The molecule has 0 saturated carbocycles. The molecule has 0 atom stereocenters. The summed E-state index contributed by atoms with van der Waals surface area (Å²) in [4.78, 5) is 26.0. The van der Waals surface area contributed by atoms with Crippen molar-refractivity contribution in [3.63, 3.8) is 0 Å². The number of aryl methyl sites for hydroxylation is 1. The van der Waals surface area contributed by atoms with E-state index in [2.05, 4.69) is 57.3 Å². The molecule has 0 unspecified atom stereocenters. The van der Waals surface area contributed by atoms with Gasteiger partial charge in [0.05, 0.1) is 5.39 Å². The van der Waals surface area contributed by atoms with Crippen LogP contribution in [0.1, 0.15) is 51.3 Å². The highest BCUT2D eigenvalue weighted by atomic mass is 15.3. The Kier molecular flexibility index (Phi) is 7.76. The Hall–Kier alpha value is -3.43. The largest absolute Gasteiger partial charge is 0.356 e. The van der Waals surface area contributed by atoms with Crippen LogP contribution in [0.4, 0.5) is 23.7 Å². The van der Waals surface area contributed by atoms with Crippen LogP contribution in [0.2, 0.25) is 0 Å². The van der Waals surface area contributed by atoms with Crippen molar-refractivity contribution in [3.8, 4) is 0 Å². The van der Waals surface area contributed by atoms with Crippen molar-refractivity contribution >= 4 is 34.7 Å². The first-order valence-electron chi connectivity index (χ1n) is 12.3. The molecule has 1 aliphatic rings. The number of anilines is 4. The molecule has 0 spiro atoms. The fourth-order valence-electron chi connectivity index (χ4n) is 4.16. The van der Waals surface area contributed by atoms with Gasteiger partial charge in [-0.1, -0.05) is 19.9 Å². The molecule has 182 valence electrons. The van der Waals surface area contributed by atoms with Gasteiger partial charge in [0.1, 0.15) is 17.3 Å². The number of aromatic nitrogens is 6. The minimum absolute atomic E-state index is 0.287. The Morgan fingerprint density at radius 3 is 2.21 bits per heavy atom. The van der Waals surface area contributed by atoms with Gasteiger partial charge in [0.15, 0.2) is 0 Å². The van der Waals surface area contributed by atoms with Gasteiger partial charge in [-0.25, -0.2) is 0 Å². The van der Waals surface area contributed by atoms with E-state index < -0.39 is 0 Å². The SMILES string of the molecule is C=CCNc1nc(N2CCC(c3nc(NCCC)nc(NCCC)n3)CC2)c2ccn(C)c2n1. The summed E-state index contributed by atoms with van der Waals surface area (Å²) < 4.78 is 2.03. The first kappa shape index (κ1) is 23.7. The van der Waals surface area contributed by atoms with Gasteiger partial charge in [0.2, 0.25) is 17.8 Å². The molecule has 3 N–H and O–H groups in total. The smallest absolute Gasteiger partial charge is 0.227 e. The first-order chi connectivity index (χ1) is 16.6. The second-order valence-electron chi connectivity index (χ2n) is 8.66. The fourth-order valence-corrected chi connectivity index (χ4v) is 4.16. The summed E-state index contributed by atoms with van der Waals surface area (Å²) in [5.41, 5.74) is 0.925. The zero-order chi connectivity index (χ0) is 23.9. The van der Waals surface area contributed by atoms with Crippen molar-refractivity contribution in [2.45, 2.75) is 45.4 Å². The van der Waals surface area contributed by atoms with Crippen LogP contribution in [-0.2, 0) is 7.05 Å². The Bertz CT molecular complexity index is 1070. The summed E-state index contributed by atoms with van der Waals surface area (Å²) in [7, 11) is 2.01. The summed E-state index contributed by atoms with van der Waals surface area (Å²) in [6.45, 7) is 12.1. The Balaban J connectivity index is 1.53. The molecule has 3 aromatic heterocycles. The van der Waals surface area contributed by atoms with Crippen LogP contribution < -0.4 is 20.9 Å². The maximum atomic E-state index is 4.85. The van der Waals surface area contributed by atoms with E-state index in [-0.39, 0.29) is 5.92 Å². The van der Waals surface area contributed by atoms with Crippen molar-refractivity contribution < 1.29 is 0 Å². The van der Waals surface area contributed by atoms with E-state index in [1.165, 1.54) is 0 Å². The third-order valence-corrected chi connectivity index (χ3v) is 5.99. The summed E-state index contributed by atoms with van der Waals surface area (Å²) in [5.74, 6) is 4.08. The molecule has 10 nitrogen and oxygen atoms in total. The molecule has 4 rings (SSSR count). The summed E-state index contributed by atoms with van der Waals surface area (Å²) in [5, 5.41) is 11.0. The average molecular weight is 465 g/mol. The number of nitrogens with zero attached hydrogens (tertiary/aromatic N) is 7. The molecule has 3 aromatic rings. The maximum absolute atomic E-state index is 4.85. The monoisotopic (exact) mass is 464 g/mol. The molecular weight excluding hydrogens is 428 g/mol. The van der Waals surface area contributed by atoms with Crippen LogP contribution >= 0.6 is 0 Å². The van der Waals surface area contributed by atoms with Gasteiger partial charge in [-0.3, -0.25) is 0 Å². The van der Waals surface area contributed by atoms with Crippen molar-refractivity contribution in [3.05, 3.63) is 30.7 Å². The molecule has 1 fully saturated rings. The standard InChI is InChI=1S/C24H36N10/c1-5-11-25-22-28-19(29-23(32-22)26-12-6-2)17-8-15-34(16-9-17)21-18-10-14-33(4)20(18)30-24(31-21)27-13-7-3/h7,10,14,17H,3,5-6,8-9,11-13,15-16H2,1-2,4H3,(H,27,30,31)(H2,25,26,28,29,32). The average Bonchev–Trinajstić information content (AvgIpc) is 3.25. The van der Waals surface area contributed by atoms with Gasteiger partial charge >= 0.3 is 0 Å². The molecule has 1 saturated heterocycles. The van der Waals surface area contributed by atoms with Gasteiger partial charge in [-0.2, -0.15) is 24.9 Å². The number of hydrogen-bond donors (Lipinski definition) is 3. The molecule has 0 aliphatic carbocycles. The van der Waals surface area contributed by atoms with Gasteiger partial charge in [0.25, 0.3) is 0 Å². The van der Waals surface area contributed by atoms with Crippen LogP contribution in [0.25, 0.3) is 11.0 Å². The van der Waals surface area contributed by atoms with E-state index in [1.54, 1.807) is 0 Å². The van der Waals surface area contributed by atoms with Gasteiger partial charge in [0, 0.05) is 51.9 Å². The van der Waals surface area contributed by atoms with Crippen molar-refractivity contribution in [1.82, 2.24) is 29.5 Å². The van der Waals surface area contributed by atoms with E-state index in [0.29, 0.717) is 24.4 Å². The number of piperidine rings is 1. The molecule has 0 aromatic carbocycles. The quantitative estimate of drug-likeness (QED) is 0.365. The van der Waals surface area contributed by atoms with Crippen LogP contribution in [0, 0.1) is 0 Å². The molecule has 1 aliphatic heterocycles. The minimum Gasteiger partial charge on any atom is -0.356 e. The molecule has 0 radical (unpaired) electrons. The molecule has 4 heterocycles. The Labute approximate surface area is 201 Å².